The number of piperidine rings is 1. The molecule has 0 spiro atoms. The van der Waals surface area contributed by atoms with Gasteiger partial charge in [-0.15, -0.1) is 11.3 Å². The molecule has 1 atom stereocenters. The normalized spacial score (nSPS) is 17.2. The molecule has 1 saturated heterocycles. The Hall–Kier alpha value is -1.83. The minimum atomic E-state index is 0.0291. The van der Waals surface area contributed by atoms with Gasteiger partial charge in [0.2, 0.25) is 5.91 Å². The molecule has 1 aromatic heterocycles. The number of benzene rings is 1. The van der Waals surface area contributed by atoms with Crippen LogP contribution in [-0.4, -0.2) is 50.1 Å². The van der Waals surface area contributed by atoms with Gasteiger partial charge in [0.15, 0.2) is 5.13 Å². The number of rotatable bonds is 8. The number of hydrogen-bond acceptors (Lipinski definition) is 6. The van der Waals surface area contributed by atoms with Gasteiger partial charge in [-0.2, -0.15) is 0 Å². The number of nitrogens with one attached hydrogen (secondary N) is 1. The van der Waals surface area contributed by atoms with E-state index in [-0.39, 0.29) is 5.91 Å². The van der Waals surface area contributed by atoms with E-state index in [0.717, 1.165) is 31.2 Å². The second kappa shape index (κ2) is 10.3. The van der Waals surface area contributed by atoms with Crippen molar-refractivity contribution in [2.75, 3.05) is 44.5 Å². The van der Waals surface area contributed by atoms with Crippen LogP contribution in [-0.2, 0) is 11.3 Å². The van der Waals surface area contributed by atoms with Crippen LogP contribution in [0, 0.1) is 5.92 Å². The second-order valence-corrected chi connectivity index (χ2v) is 9.18. The van der Waals surface area contributed by atoms with Gasteiger partial charge >= 0.3 is 0 Å². The maximum atomic E-state index is 12.3. The first-order chi connectivity index (χ1) is 13.9. The minimum absolute atomic E-state index is 0.0291. The van der Waals surface area contributed by atoms with E-state index < -0.39 is 0 Å². The lowest BCUT2D eigenvalue weighted by molar-refractivity contribution is -0.116. The molecule has 0 radical (unpaired) electrons. The number of anilines is 2. The quantitative estimate of drug-likeness (QED) is 0.660. The highest BCUT2D eigenvalue weighted by molar-refractivity contribution is 7.15. The van der Waals surface area contributed by atoms with Crippen molar-refractivity contribution in [3.8, 4) is 5.75 Å². The van der Waals surface area contributed by atoms with E-state index in [4.69, 9.17) is 16.3 Å². The fourth-order valence-electron chi connectivity index (χ4n) is 3.63. The van der Waals surface area contributed by atoms with Gasteiger partial charge in [0.25, 0.3) is 0 Å². The Morgan fingerprint density at radius 3 is 2.97 bits per heavy atom. The second-order valence-electron chi connectivity index (χ2n) is 7.68. The molecule has 0 bridgehead atoms. The zero-order valence-corrected chi connectivity index (χ0v) is 18.9. The van der Waals surface area contributed by atoms with Crippen LogP contribution in [0.3, 0.4) is 0 Å². The molecule has 3 rings (SSSR count). The predicted octanol–water partition coefficient (Wildman–Crippen LogP) is 4.50. The lowest BCUT2D eigenvalue weighted by atomic mass is 9.93. The lowest BCUT2D eigenvalue weighted by Gasteiger charge is -2.32. The summed E-state index contributed by atoms with van der Waals surface area (Å²) < 4.78 is 5.14. The zero-order chi connectivity index (χ0) is 20.8. The molecule has 1 unspecified atom stereocenters. The number of ether oxygens (including phenoxy) is 1. The van der Waals surface area contributed by atoms with Gasteiger partial charge < -0.3 is 15.0 Å². The molecule has 6 nitrogen and oxygen atoms in total. The molecule has 0 saturated carbocycles. The molecule has 1 aliphatic rings. The molecule has 1 amide bonds. The standard InChI is InChI=1S/C21H29ClN4O2S/c1-25(2)21-23-12-17(29-21)14-26-10-4-5-15(13-26)6-9-20(27)24-16-7-8-19(28-3)18(22)11-16/h7-8,11-12,15H,4-6,9-10,13-14H2,1-3H3,(H,24,27). The zero-order valence-electron chi connectivity index (χ0n) is 17.3. The summed E-state index contributed by atoms with van der Waals surface area (Å²) in [5.41, 5.74) is 0.702. The Morgan fingerprint density at radius 1 is 1.45 bits per heavy atom. The number of amides is 1. The fourth-order valence-corrected chi connectivity index (χ4v) is 4.76. The van der Waals surface area contributed by atoms with Crippen molar-refractivity contribution in [3.05, 3.63) is 34.3 Å². The minimum Gasteiger partial charge on any atom is -0.495 e. The number of halogens is 1. The summed E-state index contributed by atoms with van der Waals surface area (Å²) >= 11 is 7.87. The number of carbonyl (C=O) groups excluding carboxylic acids is 1. The highest BCUT2D eigenvalue weighted by Gasteiger charge is 2.21. The summed E-state index contributed by atoms with van der Waals surface area (Å²) in [5.74, 6) is 1.18. The summed E-state index contributed by atoms with van der Waals surface area (Å²) in [6.45, 7) is 3.09. The van der Waals surface area contributed by atoms with Crippen LogP contribution >= 0.6 is 22.9 Å². The third-order valence-electron chi connectivity index (χ3n) is 5.12. The van der Waals surface area contributed by atoms with Gasteiger partial charge in [0.05, 0.1) is 12.1 Å². The van der Waals surface area contributed by atoms with E-state index in [1.807, 2.05) is 31.3 Å². The molecular formula is C21H29ClN4O2S. The number of nitrogens with zero attached hydrogens (tertiary/aromatic N) is 3. The molecule has 1 fully saturated rings. The van der Waals surface area contributed by atoms with Gasteiger partial charge in [-0.25, -0.2) is 4.98 Å². The first-order valence-electron chi connectivity index (χ1n) is 9.92. The number of likely N-dealkylation sites (tertiary alicyclic amines) is 1. The Kier molecular flexibility index (Phi) is 7.75. The molecule has 29 heavy (non-hydrogen) atoms. The Labute approximate surface area is 181 Å². The van der Waals surface area contributed by atoms with Crippen molar-refractivity contribution in [2.24, 2.45) is 5.92 Å². The summed E-state index contributed by atoms with van der Waals surface area (Å²) in [5, 5.41) is 4.47. The molecule has 0 aliphatic carbocycles. The Balaban J connectivity index is 1.45. The lowest BCUT2D eigenvalue weighted by Crippen LogP contribution is -2.35. The van der Waals surface area contributed by atoms with Crippen molar-refractivity contribution >= 4 is 39.7 Å². The molecule has 8 heteroatoms. The highest BCUT2D eigenvalue weighted by atomic mass is 35.5. The number of carbonyl (C=O) groups is 1. The van der Waals surface area contributed by atoms with E-state index in [9.17, 15) is 4.79 Å². The van der Waals surface area contributed by atoms with Crippen LogP contribution in [0.4, 0.5) is 10.8 Å². The van der Waals surface area contributed by atoms with Crippen molar-refractivity contribution < 1.29 is 9.53 Å². The number of hydrogen-bond donors (Lipinski definition) is 1. The largest absolute Gasteiger partial charge is 0.495 e. The summed E-state index contributed by atoms with van der Waals surface area (Å²) in [6, 6.07) is 5.29. The maximum Gasteiger partial charge on any atom is 0.224 e. The van der Waals surface area contributed by atoms with Crippen LogP contribution in [0.2, 0.25) is 5.02 Å². The molecule has 2 aromatic rings. The number of thiazole rings is 1. The van der Waals surface area contributed by atoms with Crippen LogP contribution in [0.25, 0.3) is 0 Å². The predicted molar refractivity (Wildman–Crippen MR) is 120 cm³/mol. The van der Waals surface area contributed by atoms with Crippen LogP contribution < -0.4 is 15.0 Å². The van der Waals surface area contributed by atoms with Gasteiger partial charge in [0, 0.05) is 50.4 Å². The van der Waals surface area contributed by atoms with Gasteiger partial charge in [-0.05, 0) is 49.9 Å². The topological polar surface area (TPSA) is 57.7 Å². The summed E-state index contributed by atoms with van der Waals surface area (Å²) in [7, 11) is 5.61. The fraction of sp³-hybridized carbons (Fsp3) is 0.524. The van der Waals surface area contributed by atoms with Gasteiger partial charge in [0.1, 0.15) is 5.75 Å². The van der Waals surface area contributed by atoms with Crippen molar-refractivity contribution in [1.29, 1.82) is 0 Å². The Morgan fingerprint density at radius 2 is 2.28 bits per heavy atom. The van der Waals surface area contributed by atoms with Crippen molar-refractivity contribution in [3.63, 3.8) is 0 Å². The van der Waals surface area contributed by atoms with E-state index in [1.54, 1.807) is 30.6 Å². The smallest absolute Gasteiger partial charge is 0.224 e. The van der Waals surface area contributed by atoms with Crippen LogP contribution in [0.1, 0.15) is 30.6 Å². The highest BCUT2D eigenvalue weighted by Crippen LogP contribution is 2.28. The first kappa shape index (κ1) is 21.9. The molecule has 1 aromatic carbocycles. The van der Waals surface area contributed by atoms with Crippen molar-refractivity contribution in [2.45, 2.75) is 32.2 Å². The average Bonchev–Trinajstić information content (AvgIpc) is 3.16. The Bertz CT molecular complexity index is 827. The van der Waals surface area contributed by atoms with E-state index in [0.29, 0.717) is 28.8 Å². The van der Waals surface area contributed by atoms with Crippen LogP contribution in [0.15, 0.2) is 24.4 Å². The molecule has 1 aliphatic heterocycles. The van der Waals surface area contributed by atoms with Gasteiger partial charge in [-0.1, -0.05) is 11.6 Å². The van der Waals surface area contributed by atoms with E-state index in [2.05, 4.69) is 15.2 Å². The molecule has 158 valence electrons. The molecule has 2 heterocycles. The van der Waals surface area contributed by atoms with Gasteiger partial charge in [-0.3, -0.25) is 9.69 Å². The summed E-state index contributed by atoms with van der Waals surface area (Å²) in [4.78, 5) is 22.6. The van der Waals surface area contributed by atoms with E-state index >= 15 is 0 Å². The SMILES string of the molecule is COc1ccc(NC(=O)CCC2CCCN(Cc3cnc(N(C)C)s3)C2)cc1Cl. The third-order valence-corrected chi connectivity index (χ3v) is 6.57. The molecular weight excluding hydrogens is 408 g/mol. The number of methoxy groups -OCH3 is 1. The summed E-state index contributed by atoms with van der Waals surface area (Å²) in [6.07, 6.45) is 5.77. The number of aromatic nitrogens is 1. The molecule has 1 N–H and O–H groups in total. The average molecular weight is 437 g/mol. The van der Waals surface area contributed by atoms with Crippen LogP contribution in [0.5, 0.6) is 5.75 Å². The monoisotopic (exact) mass is 436 g/mol. The maximum absolute atomic E-state index is 12.3. The van der Waals surface area contributed by atoms with Crippen molar-refractivity contribution in [1.82, 2.24) is 9.88 Å². The third kappa shape index (κ3) is 6.32. The first-order valence-corrected chi connectivity index (χ1v) is 11.1. The van der Waals surface area contributed by atoms with E-state index in [1.165, 1.54) is 17.7 Å².